The average Bonchev–Trinajstić information content (AvgIpc) is 2.31. The van der Waals surface area contributed by atoms with Gasteiger partial charge < -0.3 is 15.2 Å². The number of nitrogens with one attached hydrogen (secondary N) is 1. The van der Waals surface area contributed by atoms with Gasteiger partial charge in [-0.25, -0.2) is 0 Å². The molecule has 0 spiro atoms. The summed E-state index contributed by atoms with van der Waals surface area (Å²) in [5.74, 6) is 0. The highest BCUT2D eigenvalue weighted by molar-refractivity contribution is 4.79. The molecule has 0 saturated carbocycles. The lowest BCUT2D eigenvalue weighted by molar-refractivity contribution is 0.108. The van der Waals surface area contributed by atoms with Crippen LogP contribution in [-0.4, -0.2) is 36.5 Å². The standard InChI is InChI=1S/C8H17NO2/c1-6(10)5-9-8-3-4-11-7(8)2/h6-10H,3-5H2,1-2H3/t6-,7+,8+/m0/s1. The summed E-state index contributed by atoms with van der Waals surface area (Å²) in [4.78, 5) is 0. The normalized spacial score (nSPS) is 34.1. The zero-order valence-corrected chi connectivity index (χ0v) is 7.21. The third-order valence-corrected chi connectivity index (χ3v) is 2.05. The molecule has 3 atom stereocenters. The van der Waals surface area contributed by atoms with Crippen molar-refractivity contribution < 1.29 is 9.84 Å². The van der Waals surface area contributed by atoms with Crippen molar-refractivity contribution in [2.24, 2.45) is 0 Å². The average molecular weight is 159 g/mol. The van der Waals surface area contributed by atoms with Gasteiger partial charge in [0, 0.05) is 19.2 Å². The second-order valence-corrected chi connectivity index (χ2v) is 3.23. The van der Waals surface area contributed by atoms with Crippen molar-refractivity contribution in [3.05, 3.63) is 0 Å². The summed E-state index contributed by atoms with van der Waals surface area (Å²) in [6.45, 7) is 5.36. The van der Waals surface area contributed by atoms with Crippen LogP contribution in [0.3, 0.4) is 0 Å². The second kappa shape index (κ2) is 4.04. The minimum Gasteiger partial charge on any atom is -0.392 e. The lowest BCUT2D eigenvalue weighted by Crippen LogP contribution is -2.38. The van der Waals surface area contributed by atoms with E-state index in [1.807, 2.05) is 0 Å². The fraction of sp³-hybridized carbons (Fsp3) is 1.00. The van der Waals surface area contributed by atoms with E-state index in [1.54, 1.807) is 6.92 Å². The summed E-state index contributed by atoms with van der Waals surface area (Å²) in [6.07, 6.45) is 1.10. The lowest BCUT2D eigenvalue weighted by Gasteiger charge is -2.16. The Morgan fingerprint density at radius 1 is 1.73 bits per heavy atom. The molecule has 3 heteroatoms. The molecule has 1 fully saturated rings. The third kappa shape index (κ3) is 2.77. The Balaban J connectivity index is 2.15. The van der Waals surface area contributed by atoms with Gasteiger partial charge in [0.05, 0.1) is 12.2 Å². The molecule has 1 aliphatic heterocycles. The van der Waals surface area contributed by atoms with E-state index in [4.69, 9.17) is 9.84 Å². The molecule has 3 nitrogen and oxygen atoms in total. The molecule has 1 aliphatic rings. The molecule has 1 rings (SSSR count). The fourth-order valence-corrected chi connectivity index (χ4v) is 1.32. The van der Waals surface area contributed by atoms with Crippen molar-refractivity contribution in [1.82, 2.24) is 5.32 Å². The van der Waals surface area contributed by atoms with Crippen molar-refractivity contribution in [1.29, 1.82) is 0 Å². The van der Waals surface area contributed by atoms with Gasteiger partial charge in [-0.05, 0) is 20.3 Å². The summed E-state index contributed by atoms with van der Waals surface area (Å²) in [6, 6.07) is 0.435. The highest BCUT2D eigenvalue weighted by Crippen LogP contribution is 2.11. The lowest BCUT2D eigenvalue weighted by atomic mass is 10.1. The van der Waals surface area contributed by atoms with Gasteiger partial charge in [0.2, 0.25) is 0 Å². The van der Waals surface area contributed by atoms with E-state index in [1.165, 1.54) is 0 Å². The highest BCUT2D eigenvalue weighted by atomic mass is 16.5. The van der Waals surface area contributed by atoms with Gasteiger partial charge in [-0.15, -0.1) is 0 Å². The van der Waals surface area contributed by atoms with E-state index in [2.05, 4.69) is 12.2 Å². The minimum absolute atomic E-state index is 0.261. The van der Waals surface area contributed by atoms with Crippen LogP contribution in [0.25, 0.3) is 0 Å². The molecule has 0 aromatic rings. The Morgan fingerprint density at radius 3 is 2.91 bits per heavy atom. The van der Waals surface area contributed by atoms with Crippen LogP contribution in [-0.2, 0) is 4.74 Å². The van der Waals surface area contributed by atoms with Crippen LogP contribution in [0.5, 0.6) is 0 Å². The van der Waals surface area contributed by atoms with Gasteiger partial charge in [-0.2, -0.15) is 0 Å². The molecule has 11 heavy (non-hydrogen) atoms. The maximum absolute atomic E-state index is 9.00. The van der Waals surface area contributed by atoms with E-state index in [9.17, 15) is 0 Å². The Hall–Kier alpha value is -0.120. The Kier molecular flexibility index (Phi) is 3.30. The van der Waals surface area contributed by atoms with Crippen molar-refractivity contribution >= 4 is 0 Å². The molecular formula is C8H17NO2. The molecule has 0 bridgehead atoms. The molecule has 2 N–H and O–H groups in total. The topological polar surface area (TPSA) is 41.5 Å². The van der Waals surface area contributed by atoms with Crippen molar-refractivity contribution in [2.75, 3.05) is 13.2 Å². The molecule has 0 unspecified atom stereocenters. The van der Waals surface area contributed by atoms with Crippen LogP contribution in [0.4, 0.5) is 0 Å². The Bertz CT molecular complexity index is 117. The second-order valence-electron chi connectivity index (χ2n) is 3.23. The Labute approximate surface area is 67.7 Å². The van der Waals surface area contributed by atoms with Gasteiger partial charge in [-0.1, -0.05) is 0 Å². The summed E-state index contributed by atoms with van der Waals surface area (Å²) in [5.41, 5.74) is 0. The largest absolute Gasteiger partial charge is 0.392 e. The van der Waals surface area contributed by atoms with Gasteiger partial charge in [0.1, 0.15) is 0 Å². The van der Waals surface area contributed by atoms with E-state index in [0.29, 0.717) is 18.7 Å². The maximum atomic E-state index is 9.00. The van der Waals surface area contributed by atoms with Crippen LogP contribution in [0.2, 0.25) is 0 Å². The fourth-order valence-electron chi connectivity index (χ4n) is 1.32. The molecule has 66 valence electrons. The molecule has 0 aromatic heterocycles. The van der Waals surface area contributed by atoms with Crippen molar-refractivity contribution in [3.8, 4) is 0 Å². The molecule has 0 aromatic carbocycles. The van der Waals surface area contributed by atoms with E-state index in [-0.39, 0.29) is 6.10 Å². The maximum Gasteiger partial charge on any atom is 0.0700 e. The van der Waals surface area contributed by atoms with Crippen molar-refractivity contribution in [2.45, 2.75) is 38.5 Å². The summed E-state index contributed by atoms with van der Waals surface area (Å²) < 4.78 is 5.35. The number of aliphatic hydroxyl groups excluding tert-OH is 1. The summed E-state index contributed by atoms with van der Waals surface area (Å²) in [5, 5.41) is 12.3. The number of hydrogen-bond donors (Lipinski definition) is 2. The van der Waals surface area contributed by atoms with Crippen LogP contribution in [0.15, 0.2) is 0 Å². The zero-order chi connectivity index (χ0) is 8.27. The predicted octanol–water partition coefficient (Wildman–Crippen LogP) is 0.134. The molecule has 0 radical (unpaired) electrons. The first kappa shape index (κ1) is 8.97. The first-order chi connectivity index (χ1) is 5.20. The molecule has 1 saturated heterocycles. The van der Waals surface area contributed by atoms with Crippen LogP contribution < -0.4 is 5.32 Å². The van der Waals surface area contributed by atoms with Crippen molar-refractivity contribution in [3.63, 3.8) is 0 Å². The molecule has 1 heterocycles. The number of hydrogen-bond acceptors (Lipinski definition) is 3. The zero-order valence-electron chi connectivity index (χ0n) is 7.21. The number of ether oxygens (including phenoxy) is 1. The predicted molar refractivity (Wildman–Crippen MR) is 43.5 cm³/mol. The van der Waals surface area contributed by atoms with E-state index >= 15 is 0 Å². The minimum atomic E-state index is -0.261. The molecule has 0 aliphatic carbocycles. The third-order valence-electron chi connectivity index (χ3n) is 2.05. The quantitative estimate of drug-likeness (QED) is 0.615. The SMILES string of the molecule is C[C@H](O)CN[C@@H]1CCO[C@@H]1C. The molecule has 0 amide bonds. The van der Waals surface area contributed by atoms with Crippen LogP contribution in [0.1, 0.15) is 20.3 Å². The van der Waals surface area contributed by atoms with E-state index < -0.39 is 0 Å². The highest BCUT2D eigenvalue weighted by Gasteiger charge is 2.23. The first-order valence-corrected chi connectivity index (χ1v) is 4.23. The van der Waals surface area contributed by atoms with E-state index in [0.717, 1.165) is 13.0 Å². The molecular weight excluding hydrogens is 142 g/mol. The monoisotopic (exact) mass is 159 g/mol. The summed E-state index contributed by atoms with van der Waals surface area (Å²) in [7, 11) is 0. The van der Waals surface area contributed by atoms with Gasteiger partial charge in [0.15, 0.2) is 0 Å². The van der Waals surface area contributed by atoms with Gasteiger partial charge in [0.25, 0.3) is 0 Å². The number of aliphatic hydroxyl groups is 1. The van der Waals surface area contributed by atoms with Crippen LogP contribution in [0, 0.1) is 0 Å². The van der Waals surface area contributed by atoms with Gasteiger partial charge in [-0.3, -0.25) is 0 Å². The smallest absolute Gasteiger partial charge is 0.0700 e. The first-order valence-electron chi connectivity index (χ1n) is 4.23. The van der Waals surface area contributed by atoms with Gasteiger partial charge >= 0.3 is 0 Å². The summed E-state index contributed by atoms with van der Waals surface area (Å²) >= 11 is 0. The van der Waals surface area contributed by atoms with Crippen LogP contribution >= 0.6 is 0 Å². The Morgan fingerprint density at radius 2 is 2.45 bits per heavy atom. The number of rotatable bonds is 3.